The van der Waals surface area contributed by atoms with Gasteiger partial charge in [0.15, 0.2) is 12.6 Å². The molecular weight excluding hydrogens is 419 g/mol. The van der Waals surface area contributed by atoms with Gasteiger partial charge in [-0.2, -0.15) is 0 Å². The lowest BCUT2D eigenvalue weighted by Gasteiger charge is -1.99. The fourth-order valence-electron chi connectivity index (χ4n) is 4.99. The predicted octanol–water partition coefficient (Wildman–Crippen LogP) is 6.11. The highest BCUT2D eigenvalue weighted by Crippen LogP contribution is 2.35. The lowest BCUT2D eigenvalue weighted by atomic mass is 10.1. The molecule has 0 amide bonds. The summed E-state index contributed by atoms with van der Waals surface area (Å²) in [6, 6.07) is 11.6. The van der Waals surface area contributed by atoms with Crippen molar-refractivity contribution in [2.75, 3.05) is 0 Å². The molecule has 2 aliphatic heterocycles. The lowest BCUT2D eigenvalue weighted by Crippen LogP contribution is -1.91. The van der Waals surface area contributed by atoms with Gasteiger partial charge in [-0.1, -0.05) is 35.3 Å². The van der Waals surface area contributed by atoms with Gasteiger partial charge in [-0.15, -0.1) is 0 Å². The standard InChI is InChI=1S/2C12H10ClNO/c2*13-9-3-1-4-11-12(9)8(7-15)10-5-2-6-14(10)11/h2*1,3-4,7H,2,5-6H2. The summed E-state index contributed by atoms with van der Waals surface area (Å²) in [5, 5.41) is 3.20. The first-order chi connectivity index (χ1) is 14.7. The number of benzene rings is 2. The first-order valence-corrected chi connectivity index (χ1v) is 10.9. The molecule has 0 saturated carbocycles. The van der Waals surface area contributed by atoms with Gasteiger partial charge < -0.3 is 9.13 Å². The van der Waals surface area contributed by atoms with Gasteiger partial charge in [0.1, 0.15) is 0 Å². The van der Waals surface area contributed by atoms with E-state index in [-0.39, 0.29) is 0 Å². The van der Waals surface area contributed by atoms with Crippen LogP contribution in [0.15, 0.2) is 36.4 Å². The Bertz CT molecular complexity index is 1210. The molecule has 2 aromatic carbocycles. The van der Waals surface area contributed by atoms with Crippen LogP contribution in [0.1, 0.15) is 44.9 Å². The van der Waals surface area contributed by atoms with Crippen molar-refractivity contribution in [1.82, 2.24) is 9.13 Å². The number of carbonyl (C=O) groups is 2. The maximum absolute atomic E-state index is 11.1. The Kier molecular flexibility index (Phi) is 4.92. The Morgan fingerprint density at radius 3 is 1.53 bits per heavy atom. The lowest BCUT2D eigenvalue weighted by molar-refractivity contribution is 0.111. The highest BCUT2D eigenvalue weighted by Gasteiger charge is 2.22. The van der Waals surface area contributed by atoms with Crippen molar-refractivity contribution in [2.24, 2.45) is 0 Å². The van der Waals surface area contributed by atoms with Crippen LogP contribution in [0, 0.1) is 0 Å². The molecule has 0 fully saturated rings. The molecule has 4 nitrogen and oxygen atoms in total. The van der Waals surface area contributed by atoms with Crippen LogP contribution in [-0.4, -0.2) is 21.7 Å². The smallest absolute Gasteiger partial charge is 0.152 e. The van der Waals surface area contributed by atoms with Crippen molar-refractivity contribution < 1.29 is 9.59 Å². The number of nitrogens with zero attached hydrogens (tertiary/aromatic N) is 2. The fourth-order valence-corrected chi connectivity index (χ4v) is 5.53. The zero-order valence-electron chi connectivity index (χ0n) is 16.3. The van der Waals surface area contributed by atoms with Crippen molar-refractivity contribution in [2.45, 2.75) is 38.8 Å². The maximum atomic E-state index is 11.1. The molecule has 6 heteroatoms. The van der Waals surface area contributed by atoms with E-state index in [1.807, 2.05) is 36.4 Å². The van der Waals surface area contributed by atoms with Crippen LogP contribution in [0.2, 0.25) is 10.0 Å². The van der Waals surface area contributed by atoms with Gasteiger partial charge in [0.25, 0.3) is 0 Å². The average molecular weight is 439 g/mol. The van der Waals surface area contributed by atoms with E-state index >= 15 is 0 Å². The van der Waals surface area contributed by atoms with Gasteiger partial charge in [0.2, 0.25) is 0 Å². The van der Waals surface area contributed by atoms with Gasteiger partial charge in [0, 0.05) is 46.4 Å². The zero-order valence-corrected chi connectivity index (χ0v) is 17.8. The number of aldehydes is 2. The zero-order chi connectivity index (χ0) is 20.8. The predicted molar refractivity (Wildman–Crippen MR) is 121 cm³/mol. The number of aryl methyl sites for hydroxylation is 2. The Balaban J connectivity index is 0.000000128. The molecule has 0 unspecified atom stereocenters. The van der Waals surface area contributed by atoms with Crippen LogP contribution >= 0.6 is 23.2 Å². The summed E-state index contributed by atoms with van der Waals surface area (Å²) in [7, 11) is 0. The Labute approximate surface area is 184 Å². The van der Waals surface area contributed by atoms with Crippen molar-refractivity contribution in [1.29, 1.82) is 0 Å². The first-order valence-electron chi connectivity index (χ1n) is 10.1. The second-order valence-electron chi connectivity index (χ2n) is 7.73. The molecule has 4 heterocycles. The number of hydrogen-bond donors (Lipinski definition) is 0. The molecule has 30 heavy (non-hydrogen) atoms. The Morgan fingerprint density at radius 1 is 0.700 bits per heavy atom. The van der Waals surface area contributed by atoms with Crippen LogP contribution in [0.3, 0.4) is 0 Å². The minimum absolute atomic E-state index is 0.677. The van der Waals surface area contributed by atoms with E-state index in [4.69, 9.17) is 23.2 Å². The SMILES string of the molecule is O=Cc1c2n(c3cccc(Cl)c13)CCC2.O=Cc1c2n(c3cccc(Cl)c13)CCC2. The summed E-state index contributed by atoms with van der Waals surface area (Å²) in [5.41, 5.74) is 6.05. The number of rotatable bonds is 2. The molecule has 0 aliphatic carbocycles. The van der Waals surface area contributed by atoms with Crippen LogP contribution in [0.4, 0.5) is 0 Å². The monoisotopic (exact) mass is 438 g/mol. The number of fused-ring (bicyclic) bond motifs is 6. The fraction of sp³-hybridized carbons (Fsp3) is 0.250. The van der Waals surface area contributed by atoms with Crippen molar-refractivity contribution in [3.8, 4) is 0 Å². The molecule has 152 valence electrons. The van der Waals surface area contributed by atoms with Crippen LogP contribution < -0.4 is 0 Å². The number of hydrogen-bond acceptors (Lipinski definition) is 2. The largest absolute Gasteiger partial charge is 0.344 e. The number of carbonyl (C=O) groups excluding carboxylic acids is 2. The third-order valence-corrected chi connectivity index (χ3v) is 6.83. The number of aromatic nitrogens is 2. The first kappa shape index (κ1) is 19.4. The average Bonchev–Trinajstić information content (AvgIpc) is 3.50. The van der Waals surface area contributed by atoms with E-state index in [2.05, 4.69) is 9.13 Å². The highest BCUT2D eigenvalue weighted by atomic mass is 35.5. The van der Waals surface area contributed by atoms with Crippen molar-refractivity contribution in [3.63, 3.8) is 0 Å². The molecule has 0 radical (unpaired) electrons. The van der Waals surface area contributed by atoms with E-state index in [0.29, 0.717) is 10.0 Å². The summed E-state index contributed by atoms with van der Waals surface area (Å²) >= 11 is 12.3. The summed E-state index contributed by atoms with van der Waals surface area (Å²) in [5.74, 6) is 0. The van der Waals surface area contributed by atoms with Crippen molar-refractivity contribution in [3.05, 3.63) is 69.0 Å². The summed E-state index contributed by atoms with van der Waals surface area (Å²) in [4.78, 5) is 22.2. The van der Waals surface area contributed by atoms with Crippen molar-refractivity contribution >= 4 is 57.6 Å². The Morgan fingerprint density at radius 2 is 1.13 bits per heavy atom. The second-order valence-corrected chi connectivity index (χ2v) is 8.55. The van der Waals surface area contributed by atoms with Gasteiger partial charge in [-0.3, -0.25) is 9.59 Å². The van der Waals surface area contributed by atoms with Gasteiger partial charge in [0.05, 0.1) is 21.1 Å². The van der Waals surface area contributed by atoms with Crippen LogP contribution in [-0.2, 0) is 25.9 Å². The molecule has 4 aromatic rings. The Hall–Kier alpha value is -2.56. The van der Waals surface area contributed by atoms with E-state index in [0.717, 1.165) is 95.7 Å². The van der Waals surface area contributed by atoms with E-state index < -0.39 is 0 Å². The highest BCUT2D eigenvalue weighted by molar-refractivity contribution is 6.37. The molecule has 2 aliphatic rings. The molecule has 0 saturated heterocycles. The van der Waals surface area contributed by atoms with Gasteiger partial charge in [-0.05, 0) is 49.9 Å². The normalized spacial score (nSPS) is 14.5. The number of halogens is 2. The summed E-state index contributed by atoms with van der Waals surface area (Å²) in [6.07, 6.45) is 6.09. The van der Waals surface area contributed by atoms with Gasteiger partial charge >= 0.3 is 0 Å². The summed E-state index contributed by atoms with van der Waals surface area (Å²) < 4.78 is 4.43. The van der Waals surface area contributed by atoms with Gasteiger partial charge in [-0.25, -0.2) is 0 Å². The van der Waals surface area contributed by atoms with Crippen LogP contribution in [0.25, 0.3) is 21.8 Å². The third-order valence-electron chi connectivity index (χ3n) is 6.20. The molecule has 0 bridgehead atoms. The minimum Gasteiger partial charge on any atom is -0.344 e. The quantitative estimate of drug-likeness (QED) is 0.354. The van der Waals surface area contributed by atoms with E-state index in [9.17, 15) is 9.59 Å². The maximum Gasteiger partial charge on any atom is 0.152 e. The molecule has 0 spiro atoms. The van der Waals surface area contributed by atoms with E-state index in [1.165, 1.54) is 0 Å². The summed E-state index contributed by atoms with van der Waals surface area (Å²) in [6.45, 7) is 2.00. The second kappa shape index (κ2) is 7.60. The molecule has 6 rings (SSSR count). The minimum atomic E-state index is 0.677. The van der Waals surface area contributed by atoms with E-state index in [1.54, 1.807) is 0 Å². The van der Waals surface area contributed by atoms with Crippen LogP contribution in [0.5, 0.6) is 0 Å². The molecule has 0 N–H and O–H groups in total. The molecular formula is C24H20Cl2N2O2. The molecule has 2 aromatic heterocycles. The third kappa shape index (κ3) is 2.82. The molecule has 0 atom stereocenters. The topological polar surface area (TPSA) is 44.0 Å².